The topological polar surface area (TPSA) is 129 Å². The molecular formula is C20H13N5O5S. The average molecular weight is 435 g/mol. The van der Waals surface area contributed by atoms with Gasteiger partial charge in [-0.2, -0.15) is 5.10 Å². The third-order valence-electron chi connectivity index (χ3n) is 4.13. The first-order valence-electron chi connectivity index (χ1n) is 8.85. The maximum Gasteiger partial charge on any atom is 0.433 e. The van der Waals surface area contributed by atoms with E-state index in [2.05, 4.69) is 10.1 Å². The summed E-state index contributed by atoms with van der Waals surface area (Å²) in [6.07, 6.45) is 1.35. The number of nitro groups is 2. The van der Waals surface area contributed by atoms with Crippen LogP contribution in [-0.4, -0.2) is 20.7 Å². The van der Waals surface area contributed by atoms with Gasteiger partial charge in [-0.05, 0) is 30.3 Å². The Hall–Kier alpha value is -4.38. The fourth-order valence-corrected chi connectivity index (χ4v) is 3.53. The maximum absolute atomic E-state index is 10.9. The number of nitro benzene ring substituents is 1. The molecule has 154 valence electrons. The molecule has 0 fully saturated rings. The van der Waals surface area contributed by atoms with Gasteiger partial charge in [-0.1, -0.05) is 18.2 Å². The molecule has 4 aromatic rings. The van der Waals surface area contributed by atoms with Crippen molar-refractivity contribution in [2.45, 2.75) is 0 Å². The molecule has 0 spiro atoms. The molecule has 0 N–H and O–H groups in total. The van der Waals surface area contributed by atoms with Crippen molar-refractivity contribution in [3.8, 4) is 11.3 Å². The van der Waals surface area contributed by atoms with Crippen LogP contribution in [0.4, 0.5) is 17.3 Å². The molecule has 10 nitrogen and oxygen atoms in total. The first-order valence-corrected chi connectivity index (χ1v) is 9.73. The van der Waals surface area contributed by atoms with Gasteiger partial charge < -0.3 is 4.42 Å². The summed E-state index contributed by atoms with van der Waals surface area (Å²) in [5.74, 6) is -0.188. The van der Waals surface area contributed by atoms with E-state index in [9.17, 15) is 20.2 Å². The Labute approximate surface area is 178 Å². The summed E-state index contributed by atoms with van der Waals surface area (Å²) in [6, 6.07) is 18.0. The Morgan fingerprint density at radius 2 is 1.68 bits per heavy atom. The molecule has 0 radical (unpaired) electrons. The van der Waals surface area contributed by atoms with E-state index in [1.807, 2.05) is 35.7 Å². The van der Waals surface area contributed by atoms with Gasteiger partial charge in [0.1, 0.15) is 4.92 Å². The molecule has 0 atom stereocenters. The van der Waals surface area contributed by atoms with Crippen molar-refractivity contribution in [3.05, 3.63) is 103 Å². The van der Waals surface area contributed by atoms with Crippen molar-refractivity contribution in [1.29, 1.82) is 0 Å². The first kappa shape index (κ1) is 19.9. The molecule has 2 aromatic carbocycles. The highest BCUT2D eigenvalue weighted by Crippen LogP contribution is 2.24. The number of non-ortho nitro benzene ring substituents is 1. The van der Waals surface area contributed by atoms with Crippen LogP contribution >= 0.6 is 11.3 Å². The number of benzene rings is 2. The SMILES string of the molecule is O=[N+]([O-])c1ccc(-c2csc(=Nc3ccccc3)n2N=Cc2ccc([N+](=O)[O-])o2)cc1. The molecule has 31 heavy (non-hydrogen) atoms. The van der Waals surface area contributed by atoms with Gasteiger partial charge in [0.25, 0.3) is 5.69 Å². The molecule has 2 heterocycles. The number of furan rings is 1. The monoisotopic (exact) mass is 435 g/mol. The second kappa shape index (κ2) is 8.55. The molecule has 0 saturated heterocycles. The molecule has 0 amide bonds. The zero-order chi connectivity index (χ0) is 21.8. The Morgan fingerprint density at radius 3 is 2.32 bits per heavy atom. The third-order valence-corrected chi connectivity index (χ3v) is 4.95. The lowest BCUT2D eigenvalue weighted by Gasteiger charge is -2.03. The molecule has 0 aliphatic rings. The minimum Gasteiger partial charge on any atom is -0.400 e. The highest BCUT2D eigenvalue weighted by atomic mass is 32.1. The number of aromatic nitrogens is 1. The zero-order valence-electron chi connectivity index (χ0n) is 15.7. The fourth-order valence-electron chi connectivity index (χ4n) is 2.68. The predicted molar refractivity (Wildman–Crippen MR) is 114 cm³/mol. The highest BCUT2D eigenvalue weighted by molar-refractivity contribution is 7.07. The number of hydrogen-bond acceptors (Lipinski definition) is 8. The van der Waals surface area contributed by atoms with E-state index in [-0.39, 0.29) is 17.3 Å². The van der Waals surface area contributed by atoms with E-state index in [1.54, 1.807) is 16.8 Å². The number of hydrogen-bond donors (Lipinski definition) is 0. The minimum absolute atomic E-state index is 0.0221. The van der Waals surface area contributed by atoms with Gasteiger partial charge in [0.05, 0.1) is 28.6 Å². The summed E-state index contributed by atoms with van der Waals surface area (Å²) >= 11 is 1.33. The normalized spacial score (nSPS) is 11.8. The lowest BCUT2D eigenvalue weighted by molar-refractivity contribution is -0.402. The second-order valence-corrected chi connectivity index (χ2v) is 6.98. The summed E-state index contributed by atoms with van der Waals surface area (Å²) in [4.78, 5) is 25.8. The van der Waals surface area contributed by atoms with Crippen molar-refractivity contribution in [2.75, 3.05) is 0 Å². The van der Waals surface area contributed by atoms with E-state index in [4.69, 9.17) is 4.42 Å². The molecule has 0 aliphatic heterocycles. The Balaban J connectivity index is 1.80. The summed E-state index contributed by atoms with van der Waals surface area (Å²) in [5.41, 5.74) is 2.04. The largest absolute Gasteiger partial charge is 0.433 e. The lowest BCUT2D eigenvalue weighted by Crippen LogP contribution is -2.11. The molecule has 11 heteroatoms. The van der Waals surface area contributed by atoms with E-state index in [0.717, 1.165) is 5.69 Å². The van der Waals surface area contributed by atoms with Gasteiger partial charge >= 0.3 is 5.88 Å². The summed E-state index contributed by atoms with van der Waals surface area (Å²) in [5, 5.41) is 28.0. The number of thiazole rings is 1. The Morgan fingerprint density at radius 1 is 0.935 bits per heavy atom. The van der Waals surface area contributed by atoms with Crippen molar-refractivity contribution in [3.63, 3.8) is 0 Å². The molecule has 0 aliphatic carbocycles. The van der Waals surface area contributed by atoms with Crippen molar-refractivity contribution >= 4 is 34.8 Å². The molecule has 2 aromatic heterocycles. The van der Waals surface area contributed by atoms with Crippen LogP contribution < -0.4 is 4.80 Å². The lowest BCUT2D eigenvalue weighted by atomic mass is 10.1. The summed E-state index contributed by atoms with van der Waals surface area (Å²) in [7, 11) is 0. The third kappa shape index (κ3) is 4.46. The smallest absolute Gasteiger partial charge is 0.400 e. The van der Waals surface area contributed by atoms with Crippen molar-refractivity contribution < 1.29 is 14.3 Å². The van der Waals surface area contributed by atoms with Crippen LogP contribution in [0, 0.1) is 20.2 Å². The average Bonchev–Trinajstić information content (AvgIpc) is 3.40. The van der Waals surface area contributed by atoms with E-state index < -0.39 is 9.85 Å². The van der Waals surface area contributed by atoms with Gasteiger partial charge in [0, 0.05) is 23.1 Å². The Kier molecular flexibility index (Phi) is 5.49. The summed E-state index contributed by atoms with van der Waals surface area (Å²) in [6.45, 7) is 0. The van der Waals surface area contributed by atoms with Crippen LogP contribution in [0.2, 0.25) is 0 Å². The van der Waals surface area contributed by atoms with Crippen LogP contribution in [0.25, 0.3) is 11.3 Å². The van der Waals surface area contributed by atoms with Crippen LogP contribution in [0.1, 0.15) is 5.76 Å². The van der Waals surface area contributed by atoms with Gasteiger partial charge in [-0.3, -0.25) is 20.2 Å². The van der Waals surface area contributed by atoms with Crippen LogP contribution in [0.5, 0.6) is 0 Å². The van der Waals surface area contributed by atoms with Crippen LogP contribution in [0.15, 0.2) is 86.6 Å². The van der Waals surface area contributed by atoms with Crippen LogP contribution in [-0.2, 0) is 0 Å². The molecule has 0 saturated carbocycles. The summed E-state index contributed by atoms with van der Waals surface area (Å²) < 4.78 is 6.67. The molecule has 4 rings (SSSR count). The minimum atomic E-state index is -0.631. The molecule has 0 unspecified atom stereocenters. The number of nitrogens with zero attached hydrogens (tertiary/aromatic N) is 5. The highest BCUT2D eigenvalue weighted by Gasteiger charge is 2.12. The second-order valence-electron chi connectivity index (χ2n) is 6.14. The zero-order valence-corrected chi connectivity index (χ0v) is 16.5. The Bertz CT molecular complexity index is 1340. The predicted octanol–water partition coefficient (Wildman–Crippen LogP) is 4.74. The number of rotatable bonds is 6. The van der Waals surface area contributed by atoms with Crippen LogP contribution in [0.3, 0.4) is 0 Å². The standard InChI is InChI=1S/C20H13N5O5S/c26-24(27)16-8-6-14(7-9-16)18-13-31-20(22-15-4-2-1-3-5-15)23(18)21-12-17-10-11-19(30-17)25(28)29/h1-13H. The quantitative estimate of drug-likeness (QED) is 0.245. The maximum atomic E-state index is 10.9. The van der Waals surface area contributed by atoms with E-state index in [0.29, 0.717) is 16.1 Å². The van der Waals surface area contributed by atoms with Gasteiger partial charge in [-0.15, -0.1) is 11.3 Å². The fraction of sp³-hybridized carbons (Fsp3) is 0. The van der Waals surface area contributed by atoms with E-state index in [1.165, 1.54) is 41.8 Å². The van der Waals surface area contributed by atoms with Gasteiger partial charge in [0.2, 0.25) is 4.80 Å². The number of para-hydroxylation sites is 1. The molecule has 0 bridgehead atoms. The van der Waals surface area contributed by atoms with Gasteiger partial charge in [0.15, 0.2) is 5.76 Å². The molecular weight excluding hydrogens is 422 g/mol. The van der Waals surface area contributed by atoms with E-state index >= 15 is 0 Å². The first-order chi connectivity index (χ1) is 15.0. The van der Waals surface area contributed by atoms with Gasteiger partial charge in [-0.25, -0.2) is 9.67 Å². The van der Waals surface area contributed by atoms with Crippen molar-refractivity contribution in [1.82, 2.24) is 4.68 Å². The van der Waals surface area contributed by atoms with Crippen molar-refractivity contribution in [2.24, 2.45) is 10.1 Å².